The fourth-order valence-electron chi connectivity index (χ4n) is 1.03. The third-order valence-corrected chi connectivity index (χ3v) is 1.64. The van der Waals surface area contributed by atoms with Gasteiger partial charge in [-0.2, -0.15) is 0 Å². The summed E-state index contributed by atoms with van der Waals surface area (Å²) in [5, 5.41) is 0. The molecule has 1 fully saturated rings. The van der Waals surface area contributed by atoms with E-state index >= 15 is 0 Å². The highest BCUT2D eigenvalue weighted by atomic mass is 16.6. The van der Waals surface area contributed by atoms with Gasteiger partial charge < -0.3 is 4.74 Å². The Kier molecular flexibility index (Phi) is 2.29. The highest BCUT2D eigenvalue weighted by Gasteiger charge is 2.23. The monoisotopic (exact) mass is 126 g/mol. The maximum Gasteiger partial charge on any atom is 0.0812 e. The standard InChI is InChI=1S/C8H14O/c1-3-4-7(2)5-8-6-9-8/h3,7-8H,1,4-6H2,2H3. The Morgan fingerprint density at radius 3 is 3.00 bits per heavy atom. The summed E-state index contributed by atoms with van der Waals surface area (Å²) in [4.78, 5) is 0. The molecule has 0 aliphatic carbocycles. The Labute approximate surface area is 56.7 Å². The molecule has 0 radical (unpaired) electrons. The van der Waals surface area contributed by atoms with Gasteiger partial charge in [0.25, 0.3) is 0 Å². The van der Waals surface area contributed by atoms with Crippen molar-refractivity contribution in [2.24, 2.45) is 5.92 Å². The first-order valence-corrected chi connectivity index (χ1v) is 3.55. The fraction of sp³-hybridized carbons (Fsp3) is 0.750. The van der Waals surface area contributed by atoms with Crippen molar-refractivity contribution in [1.29, 1.82) is 0 Å². The smallest absolute Gasteiger partial charge is 0.0812 e. The summed E-state index contributed by atoms with van der Waals surface area (Å²) in [6, 6.07) is 0. The minimum absolute atomic E-state index is 0.583. The lowest BCUT2D eigenvalue weighted by molar-refractivity contribution is 0.363. The van der Waals surface area contributed by atoms with E-state index in [-0.39, 0.29) is 0 Å². The lowest BCUT2D eigenvalue weighted by atomic mass is 10.0. The van der Waals surface area contributed by atoms with Crippen LogP contribution in [0, 0.1) is 5.92 Å². The molecular formula is C8H14O. The Bertz CT molecular complexity index is 94.7. The van der Waals surface area contributed by atoms with Gasteiger partial charge in [0.1, 0.15) is 0 Å². The molecule has 0 spiro atoms. The van der Waals surface area contributed by atoms with Crippen molar-refractivity contribution in [3.8, 4) is 0 Å². The number of hydrogen-bond acceptors (Lipinski definition) is 1. The van der Waals surface area contributed by atoms with E-state index in [9.17, 15) is 0 Å². The van der Waals surface area contributed by atoms with E-state index in [2.05, 4.69) is 13.5 Å². The molecule has 52 valence electrons. The van der Waals surface area contributed by atoms with Crippen molar-refractivity contribution in [3.05, 3.63) is 12.7 Å². The lowest BCUT2D eigenvalue weighted by Crippen LogP contribution is -1.97. The summed E-state index contributed by atoms with van der Waals surface area (Å²) in [6.45, 7) is 6.91. The van der Waals surface area contributed by atoms with Crippen molar-refractivity contribution in [2.75, 3.05) is 6.61 Å². The predicted molar refractivity (Wildman–Crippen MR) is 38.3 cm³/mol. The van der Waals surface area contributed by atoms with Gasteiger partial charge in [-0.3, -0.25) is 0 Å². The highest BCUT2D eigenvalue weighted by Crippen LogP contribution is 2.20. The zero-order valence-electron chi connectivity index (χ0n) is 5.97. The van der Waals surface area contributed by atoms with Crippen LogP contribution in [0.1, 0.15) is 19.8 Å². The van der Waals surface area contributed by atoms with Gasteiger partial charge in [0, 0.05) is 0 Å². The number of hydrogen-bond donors (Lipinski definition) is 0. The van der Waals surface area contributed by atoms with Crippen LogP contribution in [-0.2, 0) is 4.74 Å². The van der Waals surface area contributed by atoms with E-state index in [1.54, 1.807) is 0 Å². The minimum atomic E-state index is 0.583. The van der Waals surface area contributed by atoms with Crippen molar-refractivity contribution in [1.82, 2.24) is 0 Å². The average Bonchev–Trinajstić information content (AvgIpc) is 2.50. The zero-order chi connectivity index (χ0) is 6.69. The maximum atomic E-state index is 5.09. The topological polar surface area (TPSA) is 12.5 Å². The second-order valence-electron chi connectivity index (χ2n) is 2.82. The summed E-state index contributed by atoms with van der Waals surface area (Å²) in [5.41, 5.74) is 0. The molecule has 0 amide bonds. The Balaban J connectivity index is 2.01. The van der Waals surface area contributed by atoms with E-state index in [0.717, 1.165) is 18.9 Å². The van der Waals surface area contributed by atoms with Crippen molar-refractivity contribution >= 4 is 0 Å². The molecule has 0 N–H and O–H groups in total. The average molecular weight is 126 g/mol. The summed E-state index contributed by atoms with van der Waals surface area (Å²) in [7, 11) is 0. The largest absolute Gasteiger partial charge is 0.373 e. The van der Waals surface area contributed by atoms with Crippen molar-refractivity contribution in [2.45, 2.75) is 25.9 Å². The quantitative estimate of drug-likeness (QED) is 0.414. The van der Waals surface area contributed by atoms with Crippen LogP contribution in [0.15, 0.2) is 12.7 Å². The van der Waals surface area contributed by atoms with E-state index in [1.807, 2.05) is 6.08 Å². The highest BCUT2D eigenvalue weighted by molar-refractivity contribution is 4.77. The summed E-state index contributed by atoms with van der Waals surface area (Å²) >= 11 is 0. The van der Waals surface area contributed by atoms with E-state index in [0.29, 0.717) is 6.10 Å². The molecule has 0 aromatic carbocycles. The van der Waals surface area contributed by atoms with E-state index < -0.39 is 0 Å². The number of allylic oxidation sites excluding steroid dienone is 1. The van der Waals surface area contributed by atoms with Gasteiger partial charge in [-0.15, -0.1) is 6.58 Å². The summed E-state index contributed by atoms with van der Waals surface area (Å²) < 4.78 is 5.09. The van der Waals surface area contributed by atoms with Gasteiger partial charge in [-0.1, -0.05) is 13.0 Å². The third-order valence-electron chi connectivity index (χ3n) is 1.64. The number of rotatable bonds is 4. The molecule has 2 unspecified atom stereocenters. The molecule has 1 heterocycles. The second kappa shape index (κ2) is 3.02. The Morgan fingerprint density at radius 2 is 2.56 bits per heavy atom. The summed E-state index contributed by atoms with van der Waals surface area (Å²) in [6.07, 6.45) is 4.90. The molecule has 1 aliphatic rings. The second-order valence-corrected chi connectivity index (χ2v) is 2.82. The molecule has 0 aromatic heterocycles. The van der Waals surface area contributed by atoms with Crippen LogP contribution in [0.25, 0.3) is 0 Å². The van der Waals surface area contributed by atoms with Gasteiger partial charge in [0.15, 0.2) is 0 Å². The molecule has 0 aromatic rings. The van der Waals surface area contributed by atoms with Crippen LogP contribution in [0.4, 0.5) is 0 Å². The Hall–Kier alpha value is -0.300. The van der Waals surface area contributed by atoms with Gasteiger partial charge >= 0.3 is 0 Å². The van der Waals surface area contributed by atoms with Gasteiger partial charge in [-0.05, 0) is 18.8 Å². The first-order chi connectivity index (χ1) is 4.33. The van der Waals surface area contributed by atoms with Crippen molar-refractivity contribution in [3.63, 3.8) is 0 Å². The van der Waals surface area contributed by atoms with Crippen LogP contribution in [0.5, 0.6) is 0 Å². The van der Waals surface area contributed by atoms with Crippen LogP contribution in [0.3, 0.4) is 0 Å². The number of ether oxygens (including phenoxy) is 1. The molecule has 9 heavy (non-hydrogen) atoms. The maximum absolute atomic E-state index is 5.09. The van der Waals surface area contributed by atoms with Gasteiger partial charge in [0.05, 0.1) is 12.7 Å². The van der Waals surface area contributed by atoms with Crippen LogP contribution in [-0.4, -0.2) is 12.7 Å². The molecule has 1 rings (SSSR count). The van der Waals surface area contributed by atoms with Crippen molar-refractivity contribution < 1.29 is 4.74 Å². The van der Waals surface area contributed by atoms with E-state index in [4.69, 9.17) is 4.74 Å². The molecule has 1 saturated heterocycles. The molecule has 0 bridgehead atoms. The number of epoxide rings is 1. The molecular weight excluding hydrogens is 112 g/mol. The first kappa shape index (κ1) is 6.81. The predicted octanol–water partition coefficient (Wildman–Crippen LogP) is 1.99. The normalized spacial score (nSPS) is 27.4. The molecule has 0 saturated carbocycles. The molecule has 2 atom stereocenters. The lowest BCUT2D eigenvalue weighted by Gasteiger charge is -2.03. The van der Waals surface area contributed by atoms with Crippen LogP contribution >= 0.6 is 0 Å². The van der Waals surface area contributed by atoms with E-state index in [1.165, 1.54) is 6.42 Å². The first-order valence-electron chi connectivity index (χ1n) is 3.55. The SMILES string of the molecule is C=CCC(C)CC1CO1. The molecule has 1 aliphatic heterocycles. The molecule has 1 nitrogen and oxygen atoms in total. The van der Waals surface area contributed by atoms with Crippen LogP contribution < -0.4 is 0 Å². The Morgan fingerprint density at radius 1 is 1.89 bits per heavy atom. The fourth-order valence-corrected chi connectivity index (χ4v) is 1.03. The van der Waals surface area contributed by atoms with Gasteiger partial charge in [0.2, 0.25) is 0 Å². The third kappa shape index (κ3) is 2.66. The zero-order valence-corrected chi connectivity index (χ0v) is 5.97. The van der Waals surface area contributed by atoms with Crippen LogP contribution in [0.2, 0.25) is 0 Å². The molecule has 1 heteroatoms. The van der Waals surface area contributed by atoms with Gasteiger partial charge in [-0.25, -0.2) is 0 Å². The summed E-state index contributed by atoms with van der Waals surface area (Å²) in [5.74, 6) is 0.759. The minimum Gasteiger partial charge on any atom is -0.373 e.